The fraction of sp³-hybridized carbons (Fsp3) is 0.842. The van der Waals surface area contributed by atoms with Gasteiger partial charge in [-0.25, -0.2) is 0 Å². The molecule has 0 aromatic heterocycles. The van der Waals surface area contributed by atoms with Gasteiger partial charge in [-0.15, -0.1) is 0 Å². The summed E-state index contributed by atoms with van der Waals surface area (Å²) >= 11 is 0. The zero-order valence-corrected chi connectivity index (χ0v) is 31.0. The van der Waals surface area contributed by atoms with Gasteiger partial charge in [0.05, 0.1) is 22.4 Å². The number of benzene rings is 1. The van der Waals surface area contributed by atoms with E-state index in [1.165, 1.54) is 99.1 Å². The number of hydrogen-bond donors (Lipinski definition) is 0. The lowest BCUT2D eigenvalue weighted by Gasteiger charge is -2.32. The van der Waals surface area contributed by atoms with Crippen LogP contribution in [0, 0.1) is 11.8 Å². The average molecular weight is 611 g/mol. The first-order valence-electron chi connectivity index (χ1n) is 18.5. The van der Waals surface area contributed by atoms with Gasteiger partial charge in [-0.05, 0) is 102 Å². The SMILES string of the molecule is CCCCC(CCCC)Cc1cc(B2OC(C)(C)C(C)(C)O2)c(CC(CCCC)CCCC)cc1B1OC(C)(C)C(C)(C)O1. The first kappa shape index (κ1) is 37.6. The Morgan fingerprint density at radius 3 is 0.955 bits per heavy atom. The van der Waals surface area contributed by atoms with Crippen molar-refractivity contribution in [3.63, 3.8) is 0 Å². The summed E-state index contributed by atoms with van der Waals surface area (Å²) in [5, 5.41) is 0. The van der Waals surface area contributed by atoms with Gasteiger partial charge < -0.3 is 18.6 Å². The summed E-state index contributed by atoms with van der Waals surface area (Å²) in [5.41, 5.74) is 3.63. The molecule has 0 saturated carbocycles. The molecule has 0 spiro atoms. The maximum atomic E-state index is 6.77. The maximum Gasteiger partial charge on any atom is 0.495 e. The van der Waals surface area contributed by atoms with E-state index in [1.807, 2.05) is 0 Å². The quantitative estimate of drug-likeness (QED) is 0.155. The lowest BCUT2D eigenvalue weighted by atomic mass is 9.66. The van der Waals surface area contributed by atoms with Crippen LogP contribution in [0.25, 0.3) is 0 Å². The lowest BCUT2D eigenvalue weighted by molar-refractivity contribution is 0.00578. The van der Waals surface area contributed by atoms with Crippen molar-refractivity contribution >= 4 is 25.2 Å². The molecule has 1 aromatic carbocycles. The van der Waals surface area contributed by atoms with E-state index < -0.39 is 0 Å². The van der Waals surface area contributed by atoms with Crippen LogP contribution in [-0.4, -0.2) is 36.6 Å². The zero-order valence-electron chi connectivity index (χ0n) is 31.0. The molecule has 0 unspecified atom stereocenters. The molecule has 0 aliphatic carbocycles. The topological polar surface area (TPSA) is 36.9 Å². The molecule has 0 atom stereocenters. The standard InChI is InChI=1S/C38H68B2O4/c1-13-17-21-29(22-18-14-2)25-31-27-34(40-43-37(9,10)38(11,12)44-40)32(26-30(23-19-15-3)24-20-16-4)28-33(31)39-41-35(5,6)36(7,8)42-39/h27-30H,13-26H2,1-12H3. The zero-order chi connectivity index (χ0) is 32.8. The Kier molecular flexibility index (Phi) is 13.6. The molecular formula is C38H68B2O4. The van der Waals surface area contributed by atoms with Crippen LogP contribution in [-0.2, 0) is 31.5 Å². The first-order valence-corrected chi connectivity index (χ1v) is 18.5. The monoisotopic (exact) mass is 611 g/mol. The Morgan fingerprint density at radius 1 is 0.477 bits per heavy atom. The van der Waals surface area contributed by atoms with E-state index in [-0.39, 0.29) is 36.6 Å². The fourth-order valence-electron chi connectivity index (χ4n) is 6.75. The van der Waals surface area contributed by atoms with Crippen molar-refractivity contribution in [2.45, 2.75) is 195 Å². The van der Waals surface area contributed by atoms with E-state index in [0.29, 0.717) is 11.8 Å². The molecule has 2 saturated heterocycles. The molecule has 0 radical (unpaired) electrons. The minimum atomic E-state index is -0.381. The van der Waals surface area contributed by atoms with Crippen LogP contribution < -0.4 is 10.9 Å². The predicted octanol–water partition coefficient (Wildman–Crippen LogP) is 9.36. The van der Waals surface area contributed by atoms with Crippen LogP contribution in [0.15, 0.2) is 12.1 Å². The van der Waals surface area contributed by atoms with Crippen molar-refractivity contribution in [2.75, 3.05) is 0 Å². The highest BCUT2D eigenvalue weighted by Crippen LogP contribution is 2.39. The molecule has 3 rings (SSSR count). The number of hydrogen-bond acceptors (Lipinski definition) is 4. The third-order valence-corrected chi connectivity index (χ3v) is 11.3. The molecule has 6 heteroatoms. The minimum absolute atomic E-state index is 0.371. The summed E-state index contributed by atoms with van der Waals surface area (Å²) in [5.74, 6) is 1.30. The van der Waals surface area contributed by atoms with Crippen LogP contribution in [0.4, 0.5) is 0 Å². The van der Waals surface area contributed by atoms with Gasteiger partial charge in [0.1, 0.15) is 0 Å². The van der Waals surface area contributed by atoms with E-state index in [4.69, 9.17) is 18.6 Å². The van der Waals surface area contributed by atoms with Crippen LogP contribution in [0.5, 0.6) is 0 Å². The van der Waals surface area contributed by atoms with Gasteiger partial charge in [-0.2, -0.15) is 0 Å². The first-order chi connectivity index (χ1) is 20.6. The Hall–Kier alpha value is -0.810. The molecule has 0 N–H and O–H groups in total. The average Bonchev–Trinajstić information content (AvgIpc) is 3.30. The van der Waals surface area contributed by atoms with E-state index in [1.54, 1.807) is 0 Å². The Labute approximate surface area is 273 Å². The summed E-state index contributed by atoms with van der Waals surface area (Å²) in [6.07, 6.45) is 17.2. The van der Waals surface area contributed by atoms with Gasteiger partial charge in [-0.3, -0.25) is 0 Å². The molecule has 4 nitrogen and oxygen atoms in total. The molecule has 2 aliphatic rings. The number of unbranched alkanes of at least 4 members (excludes halogenated alkanes) is 4. The third-order valence-electron chi connectivity index (χ3n) is 11.3. The summed E-state index contributed by atoms with van der Waals surface area (Å²) in [4.78, 5) is 0. The highest BCUT2D eigenvalue weighted by Gasteiger charge is 2.54. The molecule has 2 aliphatic heterocycles. The summed E-state index contributed by atoms with van der Waals surface area (Å²) in [6.45, 7) is 26.6. The van der Waals surface area contributed by atoms with Crippen molar-refractivity contribution in [2.24, 2.45) is 11.8 Å². The van der Waals surface area contributed by atoms with Gasteiger partial charge in [0.15, 0.2) is 0 Å². The lowest BCUT2D eigenvalue weighted by Crippen LogP contribution is -2.43. The van der Waals surface area contributed by atoms with Gasteiger partial charge >= 0.3 is 14.2 Å². The highest BCUT2D eigenvalue weighted by molar-refractivity contribution is 6.65. The Balaban J connectivity index is 2.17. The third kappa shape index (κ3) is 9.17. The van der Waals surface area contributed by atoms with Crippen LogP contribution in [0.3, 0.4) is 0 Å². The summed E-state index contributed by atoms with van der Waals surface area (Å²) in [6, 6.07) is 4.92. The predicted molar refractivity (Wildman–Crippen MR) is 190 cm³/mol. The van der Waals surface area contributed by atoms with Gasteiger partial charge in [-0.1, -0.05) is 117 Å². The minimum Gasteiger partial charge on any atom is -0.399 e. The molecule has 44 heavy (non-hydrogen) atoms. The molecule has 0 amide bonds. The van der Waals surface area contributed by atoms with Gasteiger partial charge in [0, 0.05) is 0 Å². The van der Waals surface area contributed by atoms with E-state index in [9.17, 15) is 0 Å². The highest BCUT2D eigenvalue weighted by atomic mass is 16.7. The Bertz CT molecular complexity index is 904. The van der Waals surface area contributed by atoms with Crippen LogP contribution in [0.1, 0.15) is 171 Å². The van der Waals surface area contributed by atoms with Gasteiger partial charge in [0.25, 0.3) is 0 Å². The summed E-state index contributed by atoms with van der Waals surface area (Å²) in [7, 11) is -0.743. The molecule has 2 heterocycles. The molecule has 1 aromatic rings. The fourth-order valence-corrected chi connectivity index (χ4v) is 6.75. The normalized spacial score (nSPS) is 20.4. The van der Waals surface area contributed by atoms with Gasteiger partial charge in [0.2, 0.25) is 0 Å². The number of rotatable bonds is 18. The molecule has 0 bridgehead atoms. The second-order valence-corrected chi connectivity index (χ2v) is 16.1. The smallest absolute Gasteiger partial charge is 0.399 e. The van der Waals surface area contributed by atoms with Crippen LogP contribution >= 0.6 is 0 Å². The van der Waals surface area contributed by atoms with E-state index in [2.05, 4.69) is 95.2 Å². The van der Waals surface area contributed by atoms with Crippen molar-refractivity contribution in [1.82, 2.24) is 0 Å². The molecular weight excluding hydrogens is 542 g/mol. The molecule has 250 valence electrons. The second kappa shape index (κ2) is 15.9. The molecule has 2 fully saturated rings. The van der Waals surface area contributed by atoms with Crippen molar-refractivity contribution in [3.8, 4) is 0 Å². The summed E-state index contributed by atoms with van der Waals surface area (Å²) < 4.78 is 27.1. The Morgan fingerprint density at radius 2 is 0.727 bits per heavy atom. The largest absolute Gasteiger partial charge is 0.495 e. The van der Waals surface area contributed by atoms with E-state index in [0.717, 1.165) is 12.8 Å². The van der Waals surface area contributed by atoms with Crippen molar-refractivity contribution in [1.29, 1.82) is 0 Å². The maximum absolute atomic E-state index is 6.77. The second-order valence-electron chi connectivity index (χ2n) is 16.1. The van der Waals surface area contributed by atoms with E-state index >= 15 is 0 Å². The van der Waals surface area contributed by atoms with Crippen molar-refractivity contribution < 1.29 is 18.6 Å². The van der Waals surface area contributed by atoms with Crippen LogP contribution in [0.2, 0.25) is 0 Å². The van der Waals surface area contributed by atoms with Crippen molar-refractivity contribution in [3.05, 3.63) is 23.3 Å².